The Morgan fingerprint density at radius 1 is 1.35 bits per heavy atom. The van der Waals surface area contributed by atoms with Gasteiger partial charge in [-0.3, -0.25) is 14.1 Å². The zero-order chi connectivity index (χ0) is 27.0. The molecule has 1 aromatic heterocycles. The van der Waals surface area contributed by atoms with Crippen LogP contribution in [0.25, 0.3) is 0 Å². The van der Waals surface area contributed by atoms with Gasteiger partial charge in [-0.15, -0.1) is 11.3 Å². The third-order valence-corrected chi connectivity index (χ3v) is 7.90. The number of carbonyl (C=O) groups excluding carboxylic acids is 2. The van der Waals surface area contributed by atoms with Crippen molar-refractivity contribution in [2.24, 2.45) is 5.16 Å². The molecule has 0 bridgehead atoms. The van der Waals surface area contributed by atoms with Gasteiger partial charge in [-0.25, -0.2) is 9.29 Å². The molecule has 13 nitrogen and oxygen atoms in total. The first-order chi connectivity index (χ1) is 17.4. The Balaban J connectivity index is 1.36. The molecule has 0 saturated carbocycles. The van der Waals surface area contributed by atoms with Crippen molar-refractivity contribution in [2.75, 3.05) is 39.6 Å². The standard InChI is InChI=1S/C22H28N6O7S2/c1-13-18(21(30)27(13)37(31,32)33)25-20(29)19(17-12-36-22(23)24-17)26-35-9-8-34-16-5-4-15-11-28(2,3)7-6-14(15)10-16/h4-5,10,12-13,18H,6-9,11H2,1-3H3,(H3-,23,24,25,29,31,32,33)/p+1/b26-19-/t13-,18-/m0/s1. The number of anilines is 1. The minimum Gasteiger partial charge on any atom is -0.490 e. The third-order valence-electron chi connectivity index (χ3n) is 6.21. The van der Waals surface area contributed by atoms with Gasteiger partial charge in [-0.1, -0.05) is 5.16 Å². The van der Waals surface area contributed by atoms with Crippen molar-refractivity contribution in [3.05, 3.63) is 40.4 Å². The summed E-state index contributed by atoms with van der Waals surface area (Å²) in [6, 6.07) is 3.86. The molecule has 2 amide bonds. The lowest BCUT2D eigenvalue weighted by molar-refractivity contribution is -0.905. The zero-order valence-electron chi connectivity index (χ0n) is 20.6. The van der Waals surface area contributed by atoms with E-state index in [1.165, 1.54) is 23.4 Å². The summed E-state index contributed by atoms with van der Waals surface area (Å²) < 4.78 is 38.7. The van der Waals surface area contributed by atoms with Crippen LogP contribution in [0.3, 0.4) is 0 Å². The van der Waals surface area contributed by atoms with Crippen LogP contribution in [0.4, 0.5) is 5.13 Å². The number of ether oxygens (including phenoxy) is 1. The molecule has 2 aliphatic rings. The topological polar surface area (TPSA) is 174 Å². The number of thiazole rings is 1. The maximum Gasteiger partial charge on any atom is 0.362 e. The number of quaternary nitrogens is 1. The number of nitrogens with two attached hydrogens (primary N) is 1. The molecule has 1 aromatic carbocycles. The van der Waals surface area contributed by atoms with Crippen molar-refractivity contribution >= 4 is 44.3 Å². The minimum atomic E-state index is -4.72. The Kier molecular flexibility index (Phi) is 7.41. The molecular weight excluding hydrogens is 524 g/mol. The maximum absolute atomic E-state index is 12.9. The Bertz CT molecular complexity index is 1340. The van der Waals surface area contributed by atoms with E-state index in [0.717, 1.165) is 35.3 Å². The highest BCUT2D eigenvalue weighted by molar-refractivity contribution is 7.84. The fourth-order valence-corrected chi connectivity index (χ4v) is 5.69. The number of hydrogen-bond donors (Lipinski definition) is 3. The van der Waals surface area contributed by atoms with Gasteiger partial charge in [0.05, 0.1) is 26.7 Å². The minimum absolute atomic E-state index is 0.0205. The lowest BCUT2D eigenvalue weighted by Gasteiger charge is -2.42. The van der Waals surface area contributed by atoms with Crippen LogP contribution in [0.2, 0.25) is 0 Å². The van der Waals surface area contributed by atoms with Crippen LogP contribution in [0, 0.1) is 0 Å². The van der Waals surface area contributed by atoms with Gasteiger partial charge in [-0.05, 0) is 30.7 Å². The molecule has 200 valence electrons. The van der Waals surface area contributed by atoms with Crippen molar-refractivity contribution in [2.45, 2.75) is 32.0 Å². The predicted octanol–water partition coefficient (Wildman–Crippen LogP) is 0.176. The number of hydrogen-bond acceptors (Lipinski definition) is 10. The van der Waals surface area contributed by atoms with E-state index >= 15 is 0 Å². The molecule has 15 heteroatoms. The number of benzene rings is 1. The smallest absolute Gasteiger partial charge is 0.362 e. The number of aromatic nitrogens is 1. The van der Waals surface area contributed by atoms with Crippen molar-refractivity contribution in [3.8, 4) is 5.75 Å². The van der Waals surface area contributed by atoms with Crippen LogP contribution < -0.4 is 15.8 Å². The van der Waals surface area contributed by atoms with Gasteiger partial charge in [0.25, 0.3) is 11.8 Å². The number of β-lactam (4-membered cyclic amide) rings is 1. The Morgan fingerprint density at radius 2 is 2.11 bits per heavy atom. The maximum atomic E-state index is 12.9. The summed E-state index contributed by atoms with van der Waals surface area (Å²) in [6.07, 6.45) is 0.972. The number of amides is 2. The second kappa shape index (κ2) is 10.2. The van der Waals surface area contributed by atoms with Crippen molar-refractivity contribution in [3.63, 3.8) is 0 Å². The average Bonchev–Trinajstić information content (AvgIpc) is 3.24. The molecule has 2 aliphatic heterocycles. The Labute approximate surface area is 218 Å². The summed E-state index contributed by atoms with van der Waals surface area (Å²) in [5.41, 5.74) is 8.13. The van der Waals surface area contributed by atoms with E-state index in [4.69, 9.17) is 19.9 Å². The van der Waals surface area contributed by atoms with Crippen LogP contribution in [0.5, 0.6) is 5.75 Å². The molecule has 1 saturated heterocycles. The van der Waals surface area contributed by atoms with Crippen LogP contribution >= 0.6 is 11.3 Å². The summed E-state index contributed by atoms with van der Waals surface area (Å²) in [5, 5.41) is 7.97. The summed E-state index contributed by atoms with van der Waals surface area (Å²) in [4.78, 5) is 34.3. The largest absolute Gasteiger partial charge is 0.490 e. The summed E-state index contributed by atoms with van der Waals surface area (Å²) in [7, 11) is -0.307. The number of nitrogens with one attached hydrogen (secondary N) is 1. The average molecular weight is 554 g/mol. The molecule has 3 heterocycles. The van der Waals surface area contributed by atoms with Crippen molar-refractivity contribution in [1.82, 2.24) is 14.6 Å². The van der Waals surface area contributed by atoms with E-state index in [1.54, 1.807) is 0 Å². The number of carbonyl (C=O) groups is 2. The van der Waals surface area contributed by atoms with Gasteiger partial charge >= 0.3 is 10.3 Å². The van der Waals surface area contributed by atoms with E-state index < -0.39 is 34.2 Å². The van der Waals surface area contributed by atoms with E-state index in [-0.39, 0.29) is 34.1 Å². The van der Waals surface area contributed by atoms with Crippen LogP contribution in [0.15, 0.2) is 28.7 Å². The molecule has 0 radical (unpaired) electrons. The number of nitrogens with zero attached hydrogens (tertiary/aromatic N) is 4. The molecule has 0 spiro atoms. The lowest BCUT2D eigenvalue weighted by atomic mass is 9.98. The summed E-state index contributed by atoms with van der Waals surface area (Å²) >= 11 is 1.08. The second-order valence-corrected chi connectivity index (χ2v) is 11.7. The van der Waals surface area contributed by atoms with E-state index in [0.29, 0.717) is 5.75 Å². The highest BCUT2D eigenvalue weighted by atomic mass is 32.2. The normalized spacial score (nSPS) is 21.1. The number of rotatable bonds is 9. The van der Waals surface area contributed by atoms with Crippen LogP contribution in [-0.2, 0) is 37.7 Å². The Morgan fingerprint density at radius 3 is 2.76 bits per heavy atom. The molecule has 4 rings (SSSR count). The zero-order valence-corrected chi connectivity index (χ0v) is 22.2. The third kappa shape index (κ3) is 6.01. The van der Waals surface area contributed by atoms with Crippen molar-refractivity contribution in [1.29, 1.82) is 0 Å². The van der Waals surface area contributed by atoms with Gasteiger partial charge in [-0.2, -0.15) is 8.42 Å². The molecule has 2 aromatic rings. The highest BCUT2D eigenvalue weighted by Crippen LogP contribution is 2.26. The number of likely N-dealkylation sites (N-methyl/N-ethyl adjacent to an activating group) is 1. The molecule has 0 aliphatic carbocycles. The van der Waals surface area contributed by atoms with Gasteiger partial charge in [0.2, 0.25) is 0 Å². The number of nitrogen functional groups attached to an aromatic ring is 1. The first kappa shape index (κ1) is 26.8. The van der Waals surface area contributed by atoms with E-state index in [9.17, 15) is 18.0 Å². The van der Waals surface area contributed by atoms with Crippen LogP contribution in [0.1, 0.15) is 23.7 Å². The van der Waals surface area contributed by atoms with Gasteiger partial charge in [0, 0.05) is 17.4 Å². The molecule has 37 heavy (non-hydrogen) atoms. The fraction of sp³-hybridized carbons (Fsp3) is 0.455. The monoisotopic (exact) mass is 553 g/mol. The van der Waals surface area contributed by atoms with Crippen LogP contribution in [-0.4, -0.2) is 90.2 Å². The van der Waals surface area contributed by atoms with Gasteiger partial charge in [0.1, 0.15) is 30.6 Å². The Hall–Kier alpha value is -3.27. The second-order valence-electron chi connectivity index (χ2n) is 9.49. The molecule has 4 N–H and O–H groups in total. The summed E-state index contributed by atoms with van der Waals surface area (Å²) in [6.45, 7) is 3.58. The molecular formula is C22H29N6O7S2+. The quantitative estimate of drug-likeness (QED) is 0.0977. The summed E-state index contributed by atoms with van der Waals surface area (Å²) in [5.74, 6) is -1.07. The number of oxime groups is 1. The SMILES string of the molecule is C[C@H]1[C@H](NC(=O)/C(=N\OCCOc2ccc3c(c2)CC[N+](C)(C)C3)c2csc(N)n2)C(=O)N1S(=O)(=O)O. The molecule has 0 unspecified atom stereocenters. The van der Waals surface area contributed by atoms with Gasteiger partial charge in [0.15, 0.2) is 17.5 Å². The first-order valence-corrected chi connectivity index (χ1v) is 13.7. The molecule has 2 atom stereocenters. The first-order valence-electron chi connectivity index (χ1n) is 11.5. The highest BCUT2D eigenvalue weighted by Gasteiger charge is 2.51. The fourth-order valence-electron chi connectivity index (χ4n) is 4.26. The van der Waals surface area contributed by atoms with E-state index in [2.05, 4.69) is 35.6 Å². The van der Waals surface area contributed by atoms with Gasteiger partial charge < -0.3 is 25.1 Å². The van der Waals surface area contributed by atoms with E-state index in [1.807, 2.05) is 12.1 Å². The number of fused-ring (bicyclic) bond motifs is 1. The molecule has 1 fully saturated rings. The van der Waals surface area contributed by atoms with Crippen molar-refractivity contribution < 1.29 is 36.6 Å². The predicted molar refractivity (Wildman–Crippen MR) is 135 cm³/mol. The lowest BCUT2D eigenvalue weighted by Crippen LogP contribution is -2.71.